The number of benzene rings is 1. The molecule has 0 aromatic heterocycles. The van der Waals surface area contributed by atoms with Crippen molar-refractivity contribution in [3.05, 3.63) is 35.4 Å². The monoisotopic (exact) mass is 216 g/mol. The molecule has 3 heteroatoms. The standard InChI is InChI=1S/C13H16N2O/c14-10-13(7-1-2-8-13)12-5-3-11(4-6-12)9-16-15/h3-6H,1-2,7-9,15H2. The van der Waals surface area contributed by atoms with Crippen molar-refractivity contribution in [3.8, 4) is 6.07 Å². The van der Waals surface area contributed by atoms with E-state index < -0.39 is 0 Å². The molecule has 2 rings (SSSR count). The maximum atomic E-state index is 9.35. The van der Waals surface area contributed by atoms with Gasteiger partial charge in [-0.2, -0.15) is 5.26 Å². The first-order valence-corrected chi connectivity index (χ1v) is 5.63. The molecule has 1 fully saturated rings. The van der Waals surface area contributed by atoms with Crippen molar-refractivity contribution in [2.75, 3.05) is 0 Å². The molecule has 0 saturated heterocycles. The number of nitrogens with two attached hydrogens (primary N) is 1. The number of rotatable bonds is 3. The highest BCUT2D eigenvalue weighted by atomic mass is 16.6. The lowest BCUT2D eigenvalue weighted by Crippen LogP contribution is -2.19. The van der Waals surface area contributed by atoms with Gasteiger partial charge in [-0.25, -0.2) is 5.90 Å². The second-order valence-electron chi connectivity index (χ2n) is 4.41. The number of nitrogens with zero attached hydrogens (tertiary/aromatic N) is 1. The summed E-state index contributed by atoms with van der Waals surface area (Å²) >= 11 is 0. The fourth-order valence-electron chi connectivity index (χ4n) is 2.46. The van der Waals surface area contributed by atoms with Crippen LogP contribution in [0.3, 0.4) is 0 Å². The van der Waals surface area contributed by atoms with Crippen molar-refractivity contribution in [2.45, 2.75) is 37.7 Å². The Labute approximate surface area is 95.8 Å². The summed E-state index contributed by atoms with van der Waals surface area (Å²) in [5.41, 5.74) is 1.92. The maximum absolute atomic E-state index is 9.35. The molecule has 1 saturated carbocycles. The molecule has 84 valence electrons. The second-order valence-corrected chi connectivity index (χ2v) is 4.41. The van der Waals surface area contributed by atoms with Gasteiger partial charge >= 0.3 is 0 Å². The molecule has 0 unspecified atom stereocenters. The van der Waals surface area contributed by atoms with Gasteiger partial charge in [0.15, 0.2) is 0 Å². The molecule has 0 spiro atoms. The van der Waals surface area contributed by atoms with Crippen LogP contribution in [0.2, 0.25) is 0 Å². The molecule has 0 amide bonds. The van der Waals surface area contributed by atoms with Crippen molar-refractivity contribution < 1.29 is 4.84 Å². The van der Waals surface area contributed by atoms with Crippen molar-refractivity contribution in [1.29, 1.82) is 5.26 Å². The molecule has 1 aliphatic rings. The summed E-state index contributed by atoms with van der Waals surface area (Å²) in [5, 5.41) is 9.35. The zero-order chi connectivity index (χ0) is 11.4. The molecule has 0 aliphatic heterocycles. The minimum Gasteiger partial charge on any atom is -0.300 e. The zero-order valence-corrected chi connectivity index (χ0v) is 9.28. The van der Waals surface area contributed by atoms with Gasteiger partial charge in [0.05, 0.1) is 18.1 Å². The Morgan fingerprint density at radius 2 is 1.88 bits per heavy atom. The fourth-order valence-corrected chi connectivity index (χ4v) is 2.46. The minimum atomic E-state index is -0.248. The summed E-state index contributed by atoms with van der Waals surface area (Å²) in [6.07, 6.45) is 4.27. The molecule has 0 bridgehead atoms. The van der Waals surface area contributed by atoms with E-state index in [0.717, 1.165) is 36.8 Å². The second kappa shape index (κ2) is 4.65. The molecule has 0 radical (unpaired) electrons. The molecule has 3 nitrogen and oxygen atoms in total. The normalized spacial score (nSPS) is 18.2. The van der Waals surface area contributed by atoms with Gasteiger partial charge in [-0.1, -0.05) is 37.1 Å². The van der Waals surface area contributed by atoms with Crippen molar-refractivity contribution in [1.82, 2.24) is 0 Å². The van der Waals surface area contributed by atoms with Gasteiger partial charge in [0, 0.05) is 0 Å². The van der Waals surface area contributed by atoms with E-state index in [9.17, 15) is 5.26 Å². The first-order chi connectivity index (χ1) is 7.80. The first-order valence-electron chi connectivity index (χ1n) is 5.63. The number of hydrogen-bond donors (Lipinski definition) is 1. The quantitative estimate of drug-likeness (QED) is 0.789. The molecule has 1 aromatic rings. The summed E-state index contributed by atoms with van der Waals surface area (Å²) in [4.78, 5) is 4.58. The largest absolute Gasteiger partial charge is 0.300 e. The Morgan fingerprint density at radius 1 is 1.25 bits per heavy atom. The van der Waals surface area contributed by atoms with Gasteiger partial charge in [-0.05, 0) is 24.0 Å². The Morgan fingerprint density at radius 3 is 2.38 bits per heavy atom. The maximum Gasteiger partial charge on any atom is 0.0930 e. The third-order valence-electron chi connectivity index (χ3n) is 3.43. The van der Waals surface area contributed by atoms with Crippen LogP contribution in [0.5, 0.6) is 0 Å². The van der Waals surface area contributed by atoms with E-state index in [4.69, 9.17) is 5.90 Å². The van der Waals surface area contributed by atoms with E-state index in [1.807, 2.05) is 24.3 Å². The zero-order valence-electron chi connectivity index (χ0n) is 9.28. The summed E-state index contributed by atoms with van der Waals surface area (Å²) in [5.74, 6) is 5.02. The van der Waals surface area contributed by atoms with Crippen molar-refractivity contribution in [2.24, 2.45) is 5.90 Å². The van der Waals surface area contributed by atoms with Crippen LogP contribution in [0.25, 0.3) is 0 Å². The number of hydrogen-bond acceptors (Lipinski definition) is 3. The predicted molar refractivity (Wildman–Crippen MR) is 61.2 cm³/mol. The summed E-state index contributed by atoms with van der Waals surface area (Å²) in [6, 6.07) is 10.5. The molecular formula is C13H16N2O. The van der Waals surface area contributed by atoms with Gasteiger partial charge in [0.25, 0.3) is 0 Å². The van der Waals surface area contributed by atoms with E-state index in [1.165, 1.54) is 0 Å². The van der Waals surface area contributed by atoms with E-state index >= 15 is 0 Å². The van der Waals surface area contributed by atoms with Gasteiger partial charge in [-0.3, -0.25) is 4.84 Å². The third-order valence-corrected chi connectivity index (χ3v) is 3.43. The van der Waals surface area contributed by atoms with Gasteiger partial charge < -0.3 is 0 Å². The smallest absolute Gasteiger partial charge is 0.0930 e. The average Bonchev–Trinajstić information content (AvgIpc) is 2.80. The molecule has 2 N–H and O–H groups in total. The lowest BCUT2D eigenvalue weighted by atomic mass is 9.80. The Kier molecular flexibility index (Phi) is 3.23. The van der Waals surface area contributed by atoms with Crippen LogP contribution in [-0.2, 0) is 16.9 Å². The van der Waals surface area contributed by atoms with Crippen LogP contribution in [0.4, 0.5) is 0 Å². The molecule has 0 heterocycles. The van der Waals surface area contributed by atoms with Gasteiger partial charge in [0.2, 0.25) is 0 Å². The van der Waals surface area contributed by atoms with Crippen molar-refractivity contribution in [3.63, 3.8) is 0 Å². The lowest BCUT2D eigenvalue weighted by molar-refractivity contribution is 0.124. The van der Waals surface area contributed by atoms with E-state index in [0.29, 0.717) is 6.61 Å². The van der Waals surface area contributed by atoms with Crippen LogP contribution in [-0.4, -0.2) is 0 Å². The Balaban J connectivity index is 2.23. The molecule has 16 heavy (non-hydrogen) atoms. The highest BCUT2D eigenvalue weighted by Gasteiger charge is 2.35. The molecule has 1 aliphatic carbocycles. The molecule has 1 aromatic carbocycles. The van der Waals surface area contributed by atoms with E-state index in [2.05, 4.69) is 10.9 Å². The minimum absolute atomic E-state index is 0.248. The van der Waals surface area contributed by atoms with Crippen LogP contribution >= 0.6 is 0 Å². The van der Waals surface area contributed by atoms with Crippen LogP contribution < -0.4 is 5.90 Å². The van der Waals surface area contributed by atoms with E-state index in [1.54, 1.807) is 0 Å². The van der Waals surface area contributed by atoms with Gasteiger partial charge in [0.1, 0.15) is 0 Å². The highest BCUT2D eigenvalue weighted by Crippen LogP contribution is 2.40. The average molecular weight is 216 g/mol. The van der Waals surface area contributed by atoms with Crippen LogP contribution in [0.1, 0.15) is 36.8 Å². The first kappa shape index (κ1) is 11.1. The van der Waals surface area contributed by atoms with Crippen LogP contribution in [0.15, 0.2) is 24.3 Å². The highest BCUT2D eigenvalue weighted by molar-refractivity contribution is 5.35. The SMILES string of the molecule is N#CC1(c2ccc(CON)cc2)CCCC1. The van der Waals surface area contributed by atoms with Gasteiger partial charge in [-0.15, -0.1) is 0 Å². The Bertz CT molecular complexity index is 385. The summed E-state index contributed by atoms with van der Waals surface area (Å²) < 4.78 is 0. The number of nitriles is 1. The Hall–Kier alpha value is -1.37. The fraction of sp³-hybridized carbons (Fsp3) is 0.462. The van der Waals surface area contributed by atoms with Crippen molar-refractivity contribution >= 4 is 0 Å². The lowest BCUT2D eigenvalue weighted by Gasteiger charge is -2.20. The predicted octanol–water partition coefficient (Wildman–Crippen LogP) is 2.41. The van der Waals surface area contributed by atoms with Crippen LogP contribution in [0, 0.1) is 11.3 Å². The summed E-state index contributed by atoms with van der Waals surface area (Å²) in [7, 11) is 0. The van der Waals surface area contributed by atoms with E-state index in [-0.39, 0.29) is 5.41 Å². The molecular weight excluding hydrogens is 200 g/mol. The topological polar surface area (TPSA) is 59.0 Å². The third kappa shape index (κ3) is 1.95. The summed E-state index contributed by atoms with van der Waals surface area (Å²) in [6.45, 7) is 0.417. The molecule has 0 atom stereocenters.